The molecule has 4 aromatic carbocycles. The van der Waals surface area contributed by atoms with Crippen molar-refractivity contribution < 1.29 is 0 Å². The molecule has 39 heavy (non-hydrogen) atoms. The molecule has 0 aliphatic heterocycles. The molecule has 0 fully saturated rings. The van der Waals surface area contributed by atoms with Gasteiger partial charge in [-0.05, 0) is 28.0 Å². The van der Waals surface area contributed by atoms with Crippen LogP contribution in [0.2, 0.25) is 6.32 Å². The Labute approximate surface area is 233 Å². The number of hydrogen-bond acceptors (Lipinski definition) is 3. The minimum absolute atomic E-state index is 0.203. The Kier molecular flexibility index (Phi) is 7.48. The van der Waals surface area contributed by atoms with E-state index in [0.717, 1.165) is 28.6 Å². The number of rotatable bonds is 7. The zero-order valence-electron chi connectivity index (χ0n) is 23.5. The average molecular weight is 508 g/mol. The first-order valence-electron chi connectivity index (χ1n) is 13.6. The molecule has 1 radical (unpaired) electrons. The second kappa shape index (κ2) is 11.0. The highest BCUT2D eigenvalue weighted by molar-refractivity contribution is 6.53. The van der Waals surface area contributed by atoms with E-state index in [4.69, 9.17) is 15.0 Å². The zero-order valence-corrected chi connectivity index (χ0v) is 23.5. The van der Waals surface area contributed by atoms with E-state index in [0.29, 0.717) is 17.5 Å². The summed E-state index contributed by atoms with van der Waals surface area (Å²) < 4.78 is 0. The summed E-state index contributed by atoms with van der Waals surface area (Å²) in [6.45, 7) is 11.6. The van der Waals surface area contributed by atoms with Crippen LogP contribution in [0.3, 0.4) is 0 Å². The Morgan fingerprint density at radius 3 is 1.46 bits per heavy atom. The van der Waals surface area contributed by atoms with Gasteiger partial charge in [-0.25, -0.2) is 15.0 Å². The predicted octanol–water partition coefficient (Wildman–Crippen LogP) is 8.36. The summed E-state index contributed by atoms with van der Waals surface area (Å²) in [6.07, 6.45) is 1.02. The third-order valence-corrected chi connectivity index (χ3v) is 7.92. The molecule has 5 rings (SSSR count). The van der Waals surface area contributed by atoms with Crippen molar-refractivity contribution in [3.63, 3.8) is 0 Å². The molecule has 0 aliphatic carbocycles. The van der Waals surface area contributed by atoms with Crippen LogP contribution in [-0.2, 0) is 0 Å². The summed E-state index contributed by atoms with van der Waals surface area (Å²) in [5.74, 6) is 2.00. The maximum atomic E-state index is 4.90. The third-order valence-electron chi connectivity index (χ3n) is 7.92. The van der Waals surface area contributed by atoms with Gasteiger partial charge in [-0.1, -0.05) is 150 Å². The van der Waals surface area contributed by atoms with Gasteiger partial charge in [-0.3, -0.25) is 0 Å². The molecule has 0 saturated heterocycles. The molecule has 4 heteroatoms. The highest BCUT2D eigenvalue weighted by Crippen LogP contribution is 2.40. The Hall–Kier alpha value is -4.05. The fourth-order valence-electron chi connectivity index (χ4n) is 4.30. The molecule has 1 heterocycles. The SMILES string of the molecule is CC(C)(C)C(C)(C)C[B]c1cccc(-c2cccc(-c3nc(-c4ccccc4)nc(-c4ccccc4)n3)c2)c1. The molecular weight excluding hydrogens is 473 g/mol. The molecular formula is C35H35BN3. The van der Waals surface area contributed by atoms with Gasteiger partial charge in [0.15, 0.2) is 24.8 Å². The summed E-state index contributed by atoms with van der Waals surface area (Å²) in [5, 5.41) is 0. The lowest BCUT2D eigenvalue weighted by molar-refractivity contribution is 0.157. The van der Waals surface area contributed by atoms with Crippen LogP contribution in [-0.4, -0.2) is 22.2 Å². The molecule has 0 atom stereocenters. The van der Waals surface area contributed by atoms with Crippen LogP contribution in [0.1, 0.15) is 34.6 Å². The molecule has 3 nitrogen and oxygen atoms in total. The van der Waals surface area contributed by atoms with Crippen LogP contribution in [0.25, 0.3) is 45.3 Å². The van der Waals surface area contributed by atoms with Gasteiger partial charge >= 0.3 is 0 Å². The summed E-state index contributed by atoms with van der Waals surface area (Å²) in [7, 11) is 2.36. The van der Waals surface area contributed by atoms with E-state index in [2.05, 4.69) is 90.4 Å². The minimum Gasteiger partial charge on any atom is -0.208 e. The van der Waals surface area contributed by atoms with Crippen molar-refractivity contribution in [2.75, 3.05) is 0 Å². The van der Waals surface area contributed by atoms with Crippen molar-refractivity contribution >= 4 is 12.7 Å². The maximum absolute atomic E-state index is 4.90. The predicted molar refractivity (Wildman–Crippen MR) is 165 cm³/mol. The normalized spacial score (nSPS) is 11.8. The fourth-order valence-corrected chi connectivity index (χ4v) is 4.30. The van der Waals surface area contributed by atoms with Crippen LogP contribution in [0.4, 0.5) is 0 Å². The van der Waals surface area contributed by atoms with Crippen molar-refractivity contribution in [3.05, 3.63) is 109 Å². The molecule has 1 aromatic heterocycles. The second-order valence-corrected chi connectivity index (χ2v) is 11.8. The van der Waals surface area contributed by atoms with E-state index < -0.39 is 0 Å². The van der Waals surface area contributed by atoms with Crippen LogP contribution in [0.5, 0.6) is 0 Å². The summed E-state index contributed by atoms with van der Waals surface area (Å²) >= 11 is 0. The van der Waals surface area contributed by atoms with Gasteiger partial charge in [-0.15, -0.1) is 0 Å². The van der Waals surface area contributed by atoms with E-state index in [1.807, 2.05) is 60.7 Å². The summed E-state index contributed by atoms with van der Waals surface area (Å²) in [5.41, 5.74) is 6.90. The number of benzene rings is 4. The largest absolute Gasteiger partial charge is 0.208 e. The van der Waals surface area contributed by atoms with Gasteiger partial charge in [0, 0.05) is 16.7 Å². The lowest BCUT2D eigenvalue weighted by atomic mass is 9.53. The Morgan fingerprint density at radius 2 is 0.923 bits per heavy atom. The monoisotopic (exact) mass is 508 g/mol. The van der Waals surface area contributed by atoms with Crippen molar-refractivity contribution in [3.8, 4) is 45.3 Å². The van der Waals surface area contributed by atoms with Crippen molar-refractivity contribution in [2.24, 2.45) is 10.8 Å². The van der Waals surface area contributed by atoms with Crippen LogP contribution < -0.4 is 5.46 Å². The maximum Gasteiger partial charge on any atom is 0.164 e. The topological polar surface area (TPSA) is 38.7 Å². The first-order valence-corrected chi connectivity index (χ1v) is 13.6. The van der Waals surface area contributed by atoms with Gasteiger partial charge in [0.2, 0.25) is 0 Å². The first-order chi connectivity index (χ1) is 18.7. The fraction of sp³-hybridized carbons (Fsp3) is 0.229. The molecule has 0 amide bonds. The number of nitrogens with zero attached hydrogens (tertiary/aromatic N) is 3. The van der Waals surface area contributed by atoms with Gasteiger partial charge in [-0.2, -0.15) is 0 Å². The van der Waals surface area contributed by atoms with Crippen LogP contribution >= 0.6 is 0 Å². The lowest BCUT2D eigenvalue weighted by Crippen LogP contribution is -2.33. The highest BCUT2D eigenvalue weighted by Gasteiger charge is 2.32. The molecule has 0 saturated carbocycles. The Balaban J connectivity index is 1.50. The molecule has 0 unspecified atom stereocenters. The van der Waals surface area contributed by atoms with Gasteiger partial charge in [0.05, 0.1) is 0 Å². The van der Waals surface area contributed by atoms with E-state index in [-0.39, 0.29) is 10.8 Å². The van der Waals surface area contributed by atoms with E-state index in [1.165, 1.54) is 11.0 Å². The number of aromatic nitrogens is 3. The second-order valence-electron chi connectivity index (χ2n) is 11.8. The first kappa shape index (κ1) is 26.6. The highest BCUT2D eigenvalue weighted by atomic mass is 15.0. The summed E-state index contributed by atoms with van der Waals surface area (Å²) in [4.78, 5) is 14.6. The third kappa shape index (κ3) is 6.17. The van der Waals surface area contributed by atoms with Crippen LogP contribution in [0, 0.1) is 10.8 Å². The van der Waals surface area contributed by atoms with Crippen molar-refractivity contribution in [1.82, 2.24) is 15.0 Å². The van der Waals surface area contributed by atoms with Crippen molar-refractivity contribution in [1.29, 1.82) is 0 Å². The van der Waals surface area contributed by atoms with Gasteiger partial charge < -0.3 is 0 Å². The van der Waals surface area contributed by atoms with E-state index in [9.17, 15) is 0 Å². The summed E-state index contributed by atoms with van der Waals surface area (Å²) in [6, 6.07) is 37.4. The smallest absolute Gasteiger partial charge is 0.164 e. The molecule has 0 bridgehead atoms. The van der Waals surface area contributed by atoms with Crippen LogP contribution in [0.15, 0.2) is 109 Å². The molecule has 0 aliphatic rings. The lowest BCUT2D eigenvalue weighted by Gasteiger charge is -2.39. The molecule has 0 spiro atoms. The standard InChI is InChI=1S/C35H35BN3/c1-34(2,3)35(4,5)24-36-30-21-13-19-28(23-30)27-18-12-20-29(22-27)33-38-31(25-14-8-6-9-15-25)37-32(39-33)26-16-10-7-11-17-26/h6-23H,24H2,1-5H3. The minimum atomic E-state index is 0.203. The molecule has 5 aromatic rings. The van der Waals surface area contributed by atoms with E-state index in [1.54, 1.807) is 0 Å². The van der Waals surface area contributed by atoms with Gasteiger partial charge in [0.25, 0.3) is 0 Å². The Bertz CT molecular complexity index is 1500. The zero-order chi connectivity index (χ0) is 27.5. The molecule has 193 valence electrons. The van der Waals surface area contributed by atoms with E-state index >= 15 is 0 Å². The number of hydrogen-bond donors (Lipinski definition) is 0. The molecule has 0 N–H and O–H groups in total. The average Bonchev–Trinajstić information content (AvgIpc) is 2.96. The Morgan fingerprint density at radius 1 is 0.487 bits per heavy atom. The van der Waals surface area contributed by atoms with Gasteiger partial charge in [0.1, 0.15) is 0 Å². The van der Waals surface area contributed by atoms with Crippen molar-refractivity contribution in [2.45, 2.75) is 40.9 Å². The quantitative estimate of drug-likeness (QED) is 0.207.